The van der Waals surface area contributed by atoms with Crippen LogP contribution in [0.15, 0.2) is 29.1 Å². The second kappa shape index (κ2) is 14.2. The normalized spacial score (nSPS) is 11.4. The second-order valence-corrected chi connectivity index (χ2v) is 8.52. The molecule has 2 N–H and O–H groups in total. The van der Waals surface area contributed by atoms with E-state index in [2.05, 4.69) is 52.7 Å². The van der Waals surface area contributed by atoms with Crippen molar-refractivity contribution >= 4 is 28.2 Å². The van der Waals surface area contributed by atoms with Crippen molar-refractivity contribution < 1.29 is 4.74 Å². The highest BCUT2D eigenvalue weighted by molar-refractivity contribution is 7.80. The quantitative estimate of drug-likeness (QED) is 0.321. The Kier molecular flexibility index (Phi) is 11.6. The van der Waals surface area contributed by atoms with Gasteiger partial charge in [0, 0.05) is 36.1 Å². The number of ether oxygens (including phenoxy) is 1. The fourth-order valence-corrected chi connectivity index (χ4v) is 4.14. The van der Waals surface area contributed by atoms with Crippen LogP contribution in [0.5, 0.6) is 5.75 Å². The number of hydrogen-bond acceptors (Lipinski definition) is 5. The molecule has 0 amide bonds. The predicted molar refractivity (Wildman–Crippen MR) is 142 cm³/mol. The van der Waals surface area contributed by atoms with Gasteiger partial charge in [0.2, 0.25) is 0 Å². The van der Waals surface area contributed by atoms with Crippen molar-refractivity contribution in [2.45, 2.75) is 40.7 Å². The van der Waals surface area contributed by atoms with Crippen LogP contribution >= 0.6 is 12.2 Å². The van der Waals surface area contributed by atoms with E-state index < -0.39 is 0 Å². The summed E-state index contributed by atoms with van der Waals surface area (Å²) in [6.45, 7) is 16.8. The number of likely N-dealkylation sites (N-methyl/N-ethyl adjacent to an activating group) is 1. The van der Waals surface area contributed by atoms with Gasteiger partial charge in [0.05, 0.1) is 13.7 Å². The number of H-pyrrole nitrogens is 1. The lowest BCUT2D eigenvalue weighted by atomic mass is 10.1. The zero-order valence-electron chi connectivity index (χ0n) is 20.9. The highest BCUT2D eigenvalue weighted by atomic mass is 32.1. The summed E-state index contributed by atoms with van der Waals surface area (Å²) in [6, 6.07) is 7.62. The first-order valence-electron chi connectivity index (χ1n) is 12.1. The molecule has 0 spiro atoms. The van der Waals surface area contributed by atoms with Gasteiger partial charge in [-0.15, -0.1) is 0 Å². The van der Waals surface area contributed by atoms with Crippen LogP contribution in [0.25, 0.3) is 10.9 Å². The molecule has 0 radical (unpaired) electrons. The molecule has 0 fully saturated rings. The molecule has 0 atom stereocenters. The molecule has 0 saturated heterocycles. The number of methoxy groups -OCH3 is 1. The zero-order valence-corrected chi connectivity index (χ0v) is 21.8. The largest absolute Gasteiger partial charge is 0.497 e. The van der Waals surface area contributed by atoms with Crippen LogP contribution in [0.4, 0.5) is 0 Å². The number of benzene rings is 1. The summed E-state index contributed by atoms with van der Waals surface area (Å²) in [4.78, 5) is 22.7. The molecular formula is C25H41N5O2S. The Morgan fingerprint density at radius 2 is 1.67 bits per heavy atom. The minimum Gasteiger partial charge on any atom is -0.497 e. The molecule has 0 saturated carbocycles. The molecule has 0 aliphatic heterocycles. The number of thiocarbonyl (C=S) groups is 1. The van der Waals surface area contributed by atoms with E-state index in [1.807, 2.05) is 24.3 Å². The first kappa shape index (κ1) is 27.1. The average molecular weight is 476 g/mol. The van der Waals surface area contributed by atoms with Crippen LogP contribution < -0.4 is 15.6 Å². The Morgan fingerprint density at radius 1 is 1.00 bits per heavy atom. The first-order chi connectivity index (χ1) is 15.9. The minimum absolute atomic E-state index is 0.0789. The van der Waals surface area contributed by atoms with Gasteiger partial charge >= 0.3 is 0 Å². The highest BCUT2D eigenvalue weighted by Gasteiger charge is 2.15. The minimum atomic E-state index is -0.0789. The van der Waals surface area contributed by atoms with E-state index in [-0.39, 0.29) is 5.56 Å². The summed E-state index contributed by atoms with van der Waals surface area (Å²) in [5.41, 5.74) is 1.42. The number of aromatic nitrogens is 1. The molecule has 2 rings (SSSR count). The molecule has 0 bridgehead atoms. The van der Waals surface area contributed by atoms with E-state index in [0.29, 0.717) is 17.2 Å². The molecule has 1 aromatic carbocycles. The Morgan fingerprint density at radius 3 is 2.30 bits per heavy atom. The van der Waals surface area contributed by atoms with E-state index in [0.717, 1.165) is 75.4 Å². The lowest BCUT2D eigenvalue weighted by Crippen LogP contribution is -2.44. The second-order valence-electron chi connectivity index (χ2n) is 8.14. The van der Waals surface area contributed by atoms with Crippen LogP contribution in [0.3, 0.4) is 0 Å². The number of rotatable bonds is 14. The Balaban J connectivity index is 2.14. The molecular weight excluding hydrogens is 434 g/mol. The Hall–Kier alpha value is -2.16. The van der Waals surface area contributed by atoms with E-state index >= 15 is 0 Å². The summed E-state index contributed by atoms with van der Waals surface area (Å²) < 4.78 is 5.35. The number of fused-ring (bicyclic) bond motifs is 1. The topological polar surface area (TPSA) is 63.8 Å². The average Bonchev–Trinajstić information content (AvgIpc) is 2.83. The van der Waals surface area contributed by atoms with Crippen molar-refractivity contribution in [1.82, 2.24) is 25.0 Å². The van der Waals surface area contributed by atoms with Crippen molar-refractivity contribution in [1.29, 1.82) is 0 Å². The number of pyridine rings is 1. The molecule has 184 valence electrons. The van der Waals surface area contributed by atoms with E-state index in [1.165, 1.54) is 0 Å². The van der Waals surface area contributed by atoms with Crippen LogP contribution in [0, 0.1) is 0 Å². The predicted octanol–water partition coefficient (Wildman–Crippen LogP) is 3.29. The molecule has 1 heterocycles. The van der Waals surface area contributed by atoms with Crippen molar-refractivity contribution in [2.75, 3.05) is 59.5 Å². The fourth-order valence-electron chi connectivity index (χ4n) is 3.88. The van der Waals surface area contributed by atoms with Crippen molar-refractivity contribution in [3.8, 4) is 5.75 Å². The number of aromatic amines is 1. The standard InChI is InChI=1S/C25H41N5O2S/c1-6-28(7-2)14-10-13-26-25(33)30(16-15-29(8-3)9-4)19-21-17-20-18-22(32-5)11-12-23(20)27-24(21)31/h11-12,17-18H,6-10,13-16,19H2,1-5H3,(H,26,33)(H,27,31). The lowest BCUT2D eigenvalue weighted by Gasteiger charge is -2.29. The van der Waals surface area contributed by atoms with Crippen molar-refractivity contribution in [3.63, 3.8) is 0 Å². The van der Waals surface area contributed by atoms with Gasteiger partial charge in [0.25, 0.3) is 5.56 Å². The Labute approximate surface area is 204 Å². The van der Waals surface area contributed by atoms with E-state index in [1.54, 1.807) is 7.11 Å². The Bertz CT molecular complexity index is 925. The maximum absolute atomic E-state index is 12.8. The molecule has 2 aromatic rings. The van der Waals surface area contributed by atoms with Crippen LogP contribution in [0.1, 0.15) is 39.7 Å². The first-order valence-corrected chi connectivity index (χ1v) is 12.5. The number of hydrogen-bond donors (Lipinski definition) is 2. The molecule has 0 aliphatic carbocycles. The maximum atomic E-state index is 12.8. The van der Waals surface area contributed by atoms with Crippen LogP contribution in [0.2, 0.25) is 0 Å². The summed E-state index contributed by atoms with van der Waals surface area (Å²) in [5.74, 6) is 0.768. The zero-order chi connectivity index (χ0) is 24.2. The van der Waals surface area contributed by atoms with Crippen molar-refractivity contribution in [3.05, 3.63) is 40.2 Å². The van der Waals surface area contributed by atoms with Gasteiger partial charge < -0.3 is 29.7 Å². The van der Waals surface area contributed by atoms with Crippen LogP contribution in [-0.4, -0.2) is 84.3 Å². The molecule has 0 aliphatic rings. The third-order valence-electron chi connectivity index (χ3n) is 6.18. The third kappa shape index (κ3) is 8.28. The number of nitrogens with one attached hydrogen (secondary N) is 2. The SMILES string of the molecule is CCN(CC)CCCNC(=S)N(CCN(CC)CC)Cc1cc2cc(OC)ccc2[nH]c1=O. The summed E-state index contributed by atoms with van der Waals surface area (Å²) >= 11 is 5.76. The third-order valence-corrected chi connectivity index (χ3v) is 6.58. The molecule has 33 heavy (non-hydrogen) atoms. The smallest absolute Gasteiger partial charge is 0.253 e. The lowest BCUT2D eigenvalue weighted by molar-refractivity contribution is 0.262. The summed E-state index contributed by atoms with van der Waals surface area (Å²) in [6.07, 6.45) is 1.03. The van der Waals surface area contributed by atoms with E-state index in [9.17, 15) is 4.79 Å². The van der Waals surface area contributed by atoms with Gasteiger partial charge in [0.1, 0.15) is 5.75 Å². The molecule has 8 heteroatoms. The van der Waals surface area contributed by atoms with Crippen LogP contribution in [-0.2, 0) is 6.54 Å². The highest BCUT2D eigenvalue weighted by Crippen LogP contribution is 2.19. The van der Waals surface area contributed by atoms with Gasteiger partial charge in [0.15, 0.2) is 5.11 Å². The van der Waals surface area contributed by atoms with Gasteiger partial charge in [-0.25, -0.2) is 0 Å². The van der Waals surface area contributed by atoms with Gasteiger partial charge in [-0.05, 0) is 75.6 Å². The van der Waals surface area contributed by atoms with E-state index in [4.69, 9.17) is 17.0 Å². The maximum Gasteiger partial charge on any atom is 0.253 e. The fraction of sp³-hybridized carbons (Fsp3) is 0.600. The number of nitrogens with zero attached hydrogens (tertiary/aromatic N) is 3. The van der Waals surface area contributed by atoms with Gasteiger partial charge in [-0.2, -0.15) is 0 Å². The van der Waals surface area contributed by atoms with Crippen molar-refractivity contribution in [2.24, 2.45) is 0 Å². The summed E-state index contributed by atoms with van der Waals surface area (Å²) in [5, 5.41) is 5.07. The molecule has 7 nitrogen and oxygen atoms in total. The monoisotopic (exact) mass is 475 g/mol. The van der Waals surface area contributed by atoms with Gasteiger partial charge in [-0.1, -0.05) is 27.7 Å². The summed E-state index contributed by atoms with van der Waals surface area (Å²) in [7, 11) is 1.65. The molecule has 1 aromatic heterocycles. The van der Waals surface area contributed by atoms with Gasteiger partial charge in [-0.3, -0.25) is 4.79 Å². The molecule has 0 unspecified atom stereocenters.